The zero-order valence-electron chi connectivity index (χ0n) is 13.9. The zero-order chi connectivity index (χ0) is 17.9. The van der Waals surface area contributed by atoms with Crippen LogP contribution in [0.5, 0.6) is 0 Å². The molecular weight excluding hydrogens is 328 g/mol. The molecule has 2 aromatic carbocycles. The molecule has 1 aromatic heterocycles. The van der Waals surface area contributed by atoms with E-state index in [1.807, 2.05) is 48.5 Å². The number of ether oxygens (including phenoxy) is 1. The van der Waals surface area contributed by atoms with Gasteiger partial charge in [-0.2, -0.15) is 0 Å². The summed E-state index contributed by atoms with van der Waals surface area (Å²) in [7, 11) is 0. The van der Waals surface area contributed by atoms with E-state index in [4.69, 9.17) is 4.74 Å². The van der Waals surface area contributed by atoms with E-state index in [2.05, 4.69) is 10.3 Å². The van der Waals surface area contributed by atoms with Crippen molar-refractivity contribution in [2.24, 2.45) is 0 Å². The summed E-state index contributed by atoms with van der Waals surface area (Å²) >= 11 is 0. The first-order chi connectivity index (χ1) is 12.7. The van der Waals surface area contributed by atoms with Crippen LogP contribution in [0.25, 0.3) is 11.3 Å². The molecule has 26 heavy (non-hydrogen) atoms. The molecule has 1 unspecified atom stereocenters. The molecule has 2 heterocycles. The van der Waals surface area contributed by atoms with Gasteiger partial charge in [0.05, 0.1) is 23.4 Å². The Morgan fingerprint density at radius 1 is 1.00 bits per heavy atom. The lowest BCUT2D eigenvalue weighted by molar-refractivity contribution is -0.118. The van der Waals surface area contributed by atoms with E-state index in [1.54, 1.807) is 24.4 Å². The maximum atomic E-state index is 12.5. The molecule has 128 valence electrons. The van der Waals surface area contributed by atoms with Crippen LogP contribution in [0.4, 0.5) is 5.69 Å². The second-order valence-electron chi connectivity index (χ2n) is 6.00. The summed E-state index contributed by atoms with van der Waals surface area (Å²) in [6.07, 6.45) is 1.19. The molecule has 0 aliphatic carbocycles. The number of nitrogens with zero attached hydrogens (tertiary/aromatic N) is 1. The van der Waals surface area contributed by atoms with Gasteiger partial charge >= 0.3 is 5.97 Å². The van der Waals surface area contributed by atoms with Crippen molar-refractivity contribution in [1.82, 2.24) is 4.98 Å². The lowest BCUT2D eigenvalue weighted by atomic mass is 10.0. The number of amides is 1. The van der Waals surface area contributed by atoms with Crippen LogP contribution in [0.2, 0.25) is 0 Å². The lowest BCUT2D eigenvalue weighted by Crippen LogP contribution is -2.16. The molecule has 5 heteroatoms. The Bertz CT molecular complexity index is 970. The number of anilines is 1. The second kappa shape index (κ2) is 6.80. The van der Waals surface area contributed by atoms with Gasteiger partial charge in [0, 0.05) is 17.3 Å². The lowest BCUT2D eigenvalue weighted by Gasteiger charge is -2.13. The van der Waals surface area contributed by atoms with Gasteiger partial charge in [-0.15, -0.1) is 0 Å². The van der Waals surface area contributed by atoms with E-state index in [1.165, 1.54) is 0 Å². The number of rotatable bonds is 4. The molecule has 0 saturated carbocycles. The van der Waals surface area contributed by atoms with E-state index in [0.717, 1.165) is 11.1 Å². The van der Waals surface area contributed by atoms with Gasteiger partial charge in [0.15, 0.2) is 0 Å². The van der Waals surface area contributed by atoms with Crippen molar-refractivity contribution < 1.29 is 14.3 Å². The zero-order valence-corrected chi connectivity index (χ0v) is 13.9. The molecule has 0 radical (unpaired) electrons. The Hall–Kier alpha value is -3.47. The molecule has 0 bridgehead atoms. The van der Waals surface area contributed by atoms with Crippen LogP contribution in [0.1, 0.15) is 28.4 Å². The fraction of sp³-hybridized carbons (Fsp3) is 0.0952. The molecule has 1 atom stereocenters. The summed E-state index contributed by atoms with van der Waals surface area (Å²) < 4.78 is 5.34. The van der Waals surface area contributed by atoms with Crippen LogP contribution < -0.4 is 5.32 Å². The number of benzene rings is 2. The van der Waals surface area contributed by atoms with Gasteiger partial charge in [-0.3, -0.25) is 9.78 Å². The summed E-state index contributed by atoms with van der Waals surface area (Å²) in [6, 6.07) is 20.4. The smallest absolute Gasteiger partial charge is 0.339 e. The van der Waals surface area contributed by atoms with Gasteiger partial charge in [-0.1, -0.05) is 48.5 Å². The average Bonchev–Trinajstić information content (AvgIpc) is 2.99. The largest absolute Gasteiger partial charge is 0.453 e. The Balaban J connectivity index is 1.53. The minimum atomic E-state index is -0.560. The van der Waals surface area contributed by atoms with Crippen molar-refractivity contribution in [3.05, 3.63) is 84.1 Å². The topological polar surface area (TPSA) is 68.3 Å². The van der Waals surface area contributed by atoms with Crippen molar-refractivity contribution in [3.63, 3.8) is 0 Å². The van der Waals surface area contributed by atoms with Crippen molar-refractivity contribution in [2.75, 3.05) is 5.32 Å². The summed E-state index contributed by atoms with van der Waals surface area (Å²) in [5.41, 5.74) is 3.52. The van der Waals surface area contributed by atoms with Crippen LogP contribution in [0.15, 0.2) is 72.9 Å². The highest BCUT2D eigenvalue weighted by atomic mass is 16.5. The standard InChI is InChI=1S/C21H16N2O3/c24-19(13-18-15-9-4-5-10-16(15)21(25)26-18)23-17-11-6-12-22-20(17)14-7-2-1-3-8-14/h1-12,18H,13H2,(H,23,24). The number of hydrogen-bond acceptors (Lipinski definition) is 4. The van der Waals surface area contributed by atoms with E-state index in [9.17, 15) is 9.59 Å². The molecule has 0 saturated heterocycles. The highest BCUT2D eigenvalue weighted by Gasteiger charge is 2.32. The number of carbonyl (C=O) groups excluding carboxylic acids is 2. The Kier molecular flexibility index (Phi) is 4.19. The molecule has 0 spiro atoms. The van der Waals surface area contributed by atoms with Crippen LogP contribution in [0, 0.1) is 0 Å². The van der Waals surface area contributed by atoms with Gasteiger partial charge in [-0.05, 0) is 18.2 Å². The van der Waals surface area contributed by atoms with Gasteiger partial charge in [0.2, 0.25) is 5.91 Å². The number of nitrogens with one attached hydrogen (secondary N) is 1. The Labute approximate surface area is 150 Å². The van der Waals surface area contributed by atoms with Crippen LogP contribution in [-0.4, -0.2) is 16.9 Å². The predicted molar refractivity (Wildman–Crippen MR) is 97.5 cm³/mol. The maximum absolute atomic E-state index is 12.5. The van der Waals surface area contributed by atoms with E-state index >= 15 is 0 Å². The average molecular weight is 344 g/mol. The number of aromatic nitrogens is 1. The predicted octanol–water partition coefficient (Wildman–Crippen LogP) is 3.99. The fourth-order valence-corrected chi connectivity index (χ4v) is 3.07. The Morgan fingerprint density at radius 3 is 2.62 bits per heavy atom. The van der Waals surface area contributed by atoms with Gasteiger partial charge < -0.3 is 10.1 Å². The first-order valence-electron chi connectivity index (χ1n) is 8.32. The quantitative estimate of drug-likeness (QED) is 0.727. The maximum Gasteiger partial charge on any atom is 0.339 e. The third-order valence-electron chi connectivity index (χ3n) is 4.28. The highest BCUT2D eigenvalue weighted by Crippen LogP contribution is 2.33. The van der Waals surface area contributed by atoms with Crippen molar-refractivity contribution in [2.45, 2.75) is 12.5 Å². The van der Waals surface area contributed by atoms with Crippen molar-refractivity contribution in [1.29, 1.82) is 0 Å². The molecular formula is C21H16N2O3. The Morgan fingerprint density at radius 2 is 1.77 bits per heavy atom. The molecule has 0 fully saturated rings. The minimum Gasteiger partial charge on any atom is -0.453 e. The molecule has 5 nitrogen and oxygen atoms in total. The van der Waals surface area contributed by atoms with Gasteiger partial charge in [0.1, 0.15) is 6.10 Å². The van der Waals surface area contributed by atoms with Gasteiger partial charge in [-0.25, -0.2) is 4.79 Å². The molecule has 1 amide bonds. The minimum absolute atomic E-state index is 0.0614. The molecule has 1 aliphatic heterocycles. The van der Waals surface area contributed by atoms with Crippen LogP contribution in [-0.2, 0) is 9.53 Å². The summed E-state index contributed by atoms with van der Waals surface area (Å²) in [4.78, 5) is 28.8. The number of hydrogen-bond donors (Lipinski definition) is 1. The van der Waals surface area contributed by atoms with Crippen LogP contribution in [0.3, 0.4) is 0 Å². The molecule has 4 rings (SSSR count). The summed E-state index contributed by atoms with van der Waals surface area (Å²) in [5.74, 6) is -0.616. The number of cyclic esters (lactones) is 1. The summed E-state index contributed by atoms with van der Waals surface area (Å²) in [5, 5.41) is 2.89. The third kappa shape index (κ3) is 3.07. The fourth-order valence-electron chi connectivity index (χ4n) is 3.07. The number of esters is 1. The molecule has 1 aliphatic rings. The van der Waals surface area contributed by atoms with E-state index in [0.29, 0.717) is 16.9 Å². The third-order valence-corrected chi connectivity index (χ3v) is 4.28. The van der Waals surface area contributed by atoms with Crippen molar-refractivity contribution in [3.8, 4) is 11.3 Å². The van der Waals surface area contributed by atoms with E-state index in [-0.39, 0.29) is 18.3 Å². The van der Waals surface area contributed by atoms with E-state index < -0.39 is 6.10 Å². The van der Waals surface area contributed by atoms with Crippen LogP contribution >= 0.6 is 0 Å². The first-order valence-corrected chi connectivity index (χ1v) is 8.32. The first kappa shape index (κ1) is 16.0. The second-order valence-corrected chi connectivity index (χ2v) is 6.00. The monoisotopic (exact) mass is 344 g/mol. The number of fused-ring (bicyclic) bond motifs is 1. The normalized spacial score (nSPS) is 15.2. The molecule has 3 aromatic rings. The number of pyridine rings is 1. The molecule has 1 N–H and O–H groups in total. The number of carbonyl (C=O) groups is 2. The van der Waals surface area contributed by atoms with Gasteiger partial charge in [0.25, 0.3) is 0 Å². The highest BCUT2D eigenvalue weighted by molar-refractivity contribution is 5.97. The van der Waals surface area contributed by atoms with Crippen molar-refractivity contribution >= 4 is 17.6 Å². The summed E-state index contributed by atoms with van der Waals surface area (Å²) in [6.45, 7) is 0. The SMILES string of the molecule is O=C(CC1OC(=O)c2ccccc21)Nc1cccnc1-c1ccccc1.